The number of hydrogen-bond donors (Lipinski definition) is 4. The third-order valence-corrected chi connectivity index (χ3v) is 16.9. The first kappa shape index (κ1) is 92.4. The first-order valence-electron chi connectivity index (χ1n) is 37.1. The zero-order valence-electron chi connectivity index (χ0n) is 60.2. The summed E-state index contributed by atoms with van der Waals surface area (Å²) in [6.45, 7) is 2.37. The molecular formula is C79H132O16P2. The Morgan fingerprint density at radius 2 is 0.546 bits per heavy atom. The number of carbonyl (C=O) groups is 3. The Morgan fingerprint density at radius 3 is 0.887 bits per heavy atom. The van der Waals surface area contributed by atoms with Crippen LogP contribution in [0.2, 0.25) is 0 Å². The Kier molecular flexibility index (Phi) is 67.9. The predicted molar refractivity (Wildman–Crippen MR) is 399 cm³/mol. The number of aliphatic hydroxyl groups excluding tert-OH is 2. The van der Waals surface area contributed by atoms with Crippen LogP contribution >= 0.6 is 15.6 Å². The minimum Gasteiger partial charge on any atom is -0.463 e. The minimum atomic E-state index is -4.94. The van der Waals surface area contributed by atoms with Crippen molar-refractivity contribution in [2.45, 2.75) is 296 Å². The van der Waals surface area contributed by atoms with Gasteiger partial charge in [0.2, 0.25) is 0 Å². The number of phosphoric acid groups is 2. The van der Waals surface area contributed by atoms with E-state index in [1.165, 1.54) is 57.8 Å². The van der Waals surface area contributed by atoms with Gasteiger partial charge in [-0.2, -0.15) is 0 Å². The number of unbranched alkanes of at least 4 members (excludes halogenated alkanes) is 22. The van der Waals surface area contributed by atoms with Gasteiger partial charge in [-0.25, -0.2) is 9.13 Å². The number of ether oxygens (including phenoxy) is 3. The molecule has 0 aliphatic rings. The molecule has 18 heteroatoms. The van der Waals surface area contributed by atoms with Crippen LogP contribution in [0.4, 0.5) is 0 Å². The van der Waals surface area contributed by atoms with Crippen LogP contribution in [0.3, 0.4) is 0 Å². The molecule has 0 aliphatic heterocycles. The highest BCUT2D eigenvalue weighted by Gasteiger charge is 2.29. The summed E-state index contributed by atoms with van der Waals surface area (Å²) in [5.41, 5.74) is 0. The van der Waals surface area contributed by atoms with Crippen LogP contribution in [0.5, 0.6) is 0 Å². The van der Waals surface area contributed by atoms with Gasteiger partial charge in [0.15, 0.2) is 6.10 Å². The lowest BCUT2D eigenvalue weighted by molar-refractivity contribution is -0.161. The predicted octanol–water partition coefficient (Wildman–Crippen LogP) is 21.3. The molecule has 5 atom stereocenters. The summed E-state index contributed by atoms with van der Waals surface area (Å²) < 4.78 is 61.0. The normalized spacial score (nSPS) is 14.9. The number of phosphoric ester groups is 2. The molecule has 0 spiro atoms. The number of hydrogen-bond acceptors (Lipinski definition) is 14. The van der Waals surface area contributed by atoms with Gasteiger partial charge in [0.05, 0.1) is 26.4 Å². The highest BCUT2D eigenvalue weighted by atomic mass is 31.2. The van der Waals surface area contributed by atoms with Crippen molar-refractivity contribution in [3.05, 3.63) is 146 Å². The Labute approximate surface area is 587 Å². The molecule has 0 fully saturated rings. The quantitative estimate of drug-likeness (QED) is 0.0146. The fraction of sp³-hybridized carbons (Fsp3) is 0.658. The van der Waals surface area contributed by atoms with Crippen molar-refractivity contribution in [1.82, 2.24) is 0 Å². The molecule has 554 valence electrons. The summed E-state index contributed by atoms with van der Waals surface area (Å²) in [6.07, 6.45) is 86.1. The van der Waals surface area contributed by atoms with E-state index >= 15 is 0 Å². The largest absolute Gasteiger partial charge is 0.472 e. The van der Waals surface area contributed by atoms with Gasteiger partial charge in [-0.15, -0.1) is 0 Å². The van der Waals surface area contributed by atoms with E-state index in [4.69, 9.17) is 32.3 Å². The third kappa shape index (κ3) is 72.5. The third-order valence-electron chi connectivity index (χ3n) is 15.0. The molecule has 0 radical (unpaired) electrons. The monoisotopic (exact) mass is 1400 g/mol. The molecule has 0 aromatic carbocycles. The van der Waals surface area contributed by atoms with Crippen LogP contribution in [-0.4, -0.2) is 95.9 Å². The van der Waals surface area contributed by atoms with Crippen molar-refractivity contribution in [1.29, 1.82) is 0 Å². The molecule has 0 saturated carbocycles. The molecule has 5 unspecified atom stereocenters. The summed E-state index contributed by atoms with van der Waals surface area (Å²) in [4.78, 5) is 58.5. The molecule has 0 heterocycles. The van der Waals surface area contributed by atoms with Crippen molar-refractivity contribution in [2.24, 2.45) is 0 Å². The average molecular weight is 1400 g/mol. The fourth-order valence-electron chi connectivity index (χ4n) is 9.42. The van der Waals surface area contributed by atoms with E-state index in [0.717, 1.165) is 161 Å². The summed E-state index contributed by atoms with van der Waals surface area (Å²) in [5.74, 6) is -1.63. The van der Waals surface area contributed by atoms with Crippen molar-refractivity contribution < 1.29 is 75.8 Å². The smallest absolute Gasteiger partial charge is 0.463 e. The van der Waals surface area contributed by atoms with E-state index in [9.17, 15) is 43.5 Å². The molecule has 0 bridgehead atoms. The second-order valence-corrected chi connectivity index (χ2v) is 27.2. The van der Waals surface area contributed by atoms with Gasteiger partial charge in [0.25, 0.3) is 0 Å². The van der Waals surface area contributed by atoms with Gasteiger partial charge in [0.1, 0.15) is 25.4 Å². The fourth-order valence-corrected chi connectivity index (χ4v) is 11.0. The van der Waals surface area contributed by atoms with Crippen molar-refractivity contribution in [2.75, 3.05) is 39.6 Å². The number of carbonyl (C=O) groups excluding carboxylic acids is 3. The molecule has 0 amide bonds. The van der Waals surface area contributed by atoms with Crippen LogP contribution in [0.1, 0.15) is 278 Å². The van der Waals surface area contributed by atoms with E-state index in [2.05, 4.69) is 167 Å². The van der Waals surface area contributed by atoms with Gasteiger partial charge in [-0.05, 0) is 141 Å². The van der Waals surface area contributed by atoms with Crippen LogP contribution in [0.15, 0.2) is 146 Å². The Balaban J connectivity index is 4.62. The van der Waals surface area contributed by atoms with Crippen LogP contribution in [-0.2, 0) is 55.8 Å². The molecule has 97 heavy (non-hydrogen) atoms. The maximum absolute atomic E-state index is 12.9. The highest BCUT2D eigenvalue weighted by Crippen LogP contribution is 2.45. The Morgan fingerprint density at radius 1 is 0.299 bits per heavy atom. The maximum atomic E-state index is 12.9. The first-order chi connectivity index (χ1) is 47.2. The van der Waals surface area contributed by atoms with Crippen LogP contribution < -0.4 is 0 Å². The lowest BCUT2D eigenvalue weighted by atomic mass is 10.1. The van der Waals surface area contributed by atoms with E-state index < -0.39 is 91.5 Å². The van der Waals surface area contributed by atoms with Crippen molar-refractivity contribution in [3.63, 3.8) is 0 Å². The van der Waals surface area contributed by atoms with Gasteiger partial charge in [0, 0.05) is 19.3 Å². The molecular weight excluding hydrogens is 1270 g/mol. The standard InChI is InChI=1S/C79H132O16P2/c1-4-7-10-13-16-19-22-25-28-30-32-33-34-35-36-37-38-39-41-43-45-47-50-53-56-59-62-65-77(82)89-68-74(80)69-91-96(85,86)92-70-75(81)71-93-97(87,88)94-73-76(95-79(84)67-64-61-58-55-52-49-44-27-24-21-18-15-12-9-6-3)72-90-78(83)66-63-60-57-54-51-48-46-42-40-31-29-26-23-20-17-14-11-8-5-2/h7-8,10-11,16-17,19-20,25-29,32-33,35-36,38-40,42,44,48,51,74-76,80-81H,4-6,9,12-15,18,21-24,30-31,34,37,41,43,45-47,49-50,52-73H2,1-3H3,(H,85,86)(H,87,88)/b10-7-,11-8-,19-16-,20-17-,28-25-,29-26-,33-32-,36-35-,39-38-,42-40-,44-27-,51-48-. The second-order valence-electron chi connectivity index (χ2n) is 24.3. The molecule has 0 rings (SSSR count). The van der Waals surface area contributed by atoms with Gasteiger partial charge < -0.3 is 34.2 Å². The maximum Gasteiger partial charge on any atom is 0.472 e. The van der Waals surface area contributed by atoms with E-state index in [-0.39, 0.29) is 19.3 Å². The highest BCUT2D eigenvalue weighted by molar-refractivity contribution is 7.47. The van der Waals surface area contributed by atoms with E-state index in [1.54, 1.807) is 0 Å². The molecule has 4 N–H and O–H groups in total. The summed E-state index contributed by atoms with van der Waals surface area (Å²) >= 11 is 0. The number of esters is 3. The summed E-state index contributed by atoms with van der Waals surface area (Å²) in [7, 11) is -9.80. The summed E-state index contributed by atoms with van der Waals surface area (Å²) in [5, 5.41) is 20.6. The lowest BCUT2D eigenvalue weighted by Gasteiger charge is -2.21. The zero-order chi connectivity index (χ0) is 70.9. The van der Waals surface area contributed by atoms with Gasteiger partial charge in [-0.1, -0.05) is 263 Å². The van der Waals surface area contributed by atoms with E-state index in [1.807, 2.05) is 0 Å². The SMILES string of the molecule is CC/C=C\C/C=C\C/C=C\C/C=C\C/C=C\C/C=C\CCCCCCCCCCC(=O)OCC(O)COP(=O)(O)OCC(O)COP(=O)(O)OCC(COC(=O)CCCCC/C=C\C/C=C\C/C=C\C/C=C\C/C=C\CC)OC(=O)CCCCCCC/C=C\CCCCCCCC. The Hall–Kier alpha value is -4.57. The lowest BCUT2D eigenvalue weighted by Crippen LogP contribution is -2.30. The van der Waals surface area contributed by atoms with E-state index in [0.29, 0.717) is 19.3 Å². The minimum absolute atomic E-state index is 0.0835. The summed E-state index contributed by atoms with van der Waals surface area (Å²) in [6, 6.07) is 0. The second kappa shape index (κ2) is 71.3. The molecule has 16 nitrogen and oxygen atoms in total. The molecule has 0 aromatic rings. The first-order valence-corrected chi connectivity index (χ1v) is 40.1. The molecule has 0 aliphatic carbocycles. The molecule has 0 saturated heterocycles. The molecule has 0 aromatic heterocycles. The van der Waals surface area contributed by atoms with Gasteiger partial charge >= 0.3 is 33.6 Å². The zero-order valence-corrected chi connectivity index (χ0v) is 62.0. The Bertz CT molecular complexity index is 2350. The van der Waals surface area contributed by atoms with Crippen LogP contribution in [0, 0.1) is 0 Å². The van der Waals surface area contributed by atoms with Crippen LogP contribution in [0.25, 0.3) is 0 Å². The van der Waals surface area contributed by atoms with Crippen molar-refractivity contribution >= 4 is 33.6 Å². The van der Waals surface area contributed by atoms with Gasteiger partial charge in [-0.3, -0.25) is 32.5 Å². The van der Waals surface area contributed by atoms with Crippen molar-refractivity contribution in [3.8, 4) is 0 Å². The topological polar surface area (TPSA) is 231 Å². The number of aliphatic hydroxyl groups is 2. The average Bonchev–Trinajstić information content (AvgIpc) is 1.86. The number of allylic oxidation sites excluding steroid dienone is 24. The number of rotatable bonds is 69.